The molecule has 0 saturated carbocycles. The molecule has 1 aliphatic carbocycles. The zero-order valence-corrected chi connectivity index (χ0v) is 7.05. The molecule has 0 bridgehead atoms. The highest BCUT2D eigenvalue weighted by atomic mass is 16.5. The third kappa shape index (κ3) is 1.85. The number of fused-ring (bicyclic) bond motifs is 1. The van der Waals surface area contributed by atoms with E-state index in [0.29, 0.717) is 0 Å². The third-order valence-corrected chi connectivity index (χ3v) is 1.80. The molecule has 64 valence electrons. The summed E-state index contributed by atoms with van der Waals surface area (Å²) in [6.45, 7) is 0. The Balaban J connectivity index is 0.000000102. The Kier molecular flexibility index (Phi) is 1.96. The monoisotopic (exact) mass is 171 g/mol. The molecule has 0 spiro atoms. The number of hydrogen-bond acceptors (Lipinski definition) is 1. The first-order valence-electron chi connectivity index (χ1n) is 4.11. The van der Waals surface area contributed by atoms with Crippen LogP contribution in [0.5, 0.6) is 0 Å². The molecule has 0 aromatic heterocycles. The molecule has 0 fully saturated rings. The summed E-state index contributed by atoms with van der Waals surface area (Å²) in [6.07, 6.45) is 1.52. The van der Waals surface area contributed by atoms with Gasteiger partial charge in [-0.2, -0.15) is 4.73 Å². The van der Waals surface area contributed by atoms with Crippen molar-refractivity contribution in [1.82, 2.24) is 0 Å². The smallest absolute Gasteiger partial charge is 0.225 e. The highest BCUT2D eigenvalue weighted by Gasteiger charge is 2.22. The maximum absolute atomic E-state index is 10.4. The lowest BCUT2D eigenvalue weighted by Crippen LogP contribution is -2.20. The van der Waals surface area contributed by atoms with Crippen LogP contribution in [0.4, 0.5) is 0 Å². The molecule has 0 N–H and O–H groups in total. The fourth-order valence-electron chi connectivity index (χ4n) is 1.05. The molecule has 13 heavy (non-hydrogen) atoms. The van der Waals surface area contributed by atoms with Crippen molar-refractivity contribution >= 4 is 0 Å². The highest BCUT2D eigenvalue weighted by Crippen LogP contribution is 2.27. The summed E-state index contributed by atoms with van der Waals surface area (Å²) in [5.74, 6) is 0. The van der Waals surface area contributed by atoms with Crippen molar-refractivity contribution in [2.75, 3.05) is 0 Å². The summed E-state index contributed by atoms with van der Waals surface area (Å²) in [5.41, 5.74) is 1.93. The van der Waals surface area contributed by atoms with Crippen LogP contribution in [0.15, 0.2) is 54.7 Å². The first-order chi connectivity index (χ1) is 6.38. The zero-order valence-electron chi connectivity index (χ0n) is 7.05. The number of hydrogen-bond donors (Lipinski definition) is 0. The predicted octanol–water partition coefficient (Wildman–Crippen LogP) is 1.99. The van der Waals surface area contributed by atoms with Crippen LogP contribution in [-0.2, 0) is 0 Å². The molecular formula is C11H9NO. The van der Waals surface area contributed by atoms with Crippen molar-refractivity contribution in [2.45, 2.75) is 0 Å². The second-order valence-corrected chi connectivity index (χ2v) is 2.78. The number of pyridine rings is 1. The molecule has 2 nitrogen and oxygen atoms in total. The van der Waals surface area contributed by atoms with Crippen molar-refractivity contribution in [3.63, 3.8) is 0 Å². The van der Waals surface area contributed by atoms with Crippen molar-refractivity contribution in [3.05, 3.63) is 59.9 Å². The fourth-order valence-corrected chi connectivity index (χ4v) is 1.05. The van der Waals surface area contributed by atoms with E-state index in [-0.39, 0.29) is 0 Å². The molecule has 1 aliphatic heterocycles. The van der Waals surface area contributed by atoms with Crippen molar-refractivity contribution in [1.29, 1.82) is 0 Å². The van der Waals surface area contributed by atoms with Gasteiger partial charge in [0.1, 0.15) is 0 Å². The van der Waals surface area contributed by atoms with E-state index in [0.717, 1.165) is 16.0 Å². The minimum absolute atomic E-state index is 0.833. The normalized spacial score (nSPS) is 9.85. The predicted molar refractivity (Wildman–Crippen MR) is 50.8 cm³/mol. The maximum Gasteiger partial charge on any atom is 0.225 e. The minimum Gasteiger partial charge on any atom is -0.618 e. The van der Waals surface area contributed by atoms with E-state index < -0.39 is 0 Å². The molecule has 0 amide bonds. The van der Waals surface area contributed by atoms with Crippen LogP contribution in [0.1, 0.15) is 0 Å². The summed E-state index contributed by atoms with van der Waals surface area (Å²) in [4.78, 5) is 0. The number of nitrogens with zero attached hydrogens (tertiary/aromatic N) is 1. The Morgan fingerprint density at radius 2 is 1.46 bits per heavy atom. The Labute approximate surface area is 76.7 Å². The van der Waals surface area contributed by atoms with Gasteiger partial charge in [-0.25, -0.2) is 0 Å². The van der Waals surface area contributed by atoms with Crippen LogP contribution >= 0.6 is 0 Å². The van der Waals surface area contributed by atoms with Gasteiger partial charge in [0.25, 0.3) is 0 Å². The van der Waals surface area contributed by atoms with Gasteiger partial charge in [-0.1, -0.05) is 36.4 Å². The number of rotatable bonds is 0. The van der Waals surface area contributed by atoms with E-state index in [4.69, 9.17) is 0 Å². The molecule has 2 heteroatoms. The van der Waals surface area contributed by atoms with Crippen LogP contribution in [0.25, 0.3) is 11.3 Å². The van der Waals surface area contributed by atoms with E-state index in [2.05, 4.69) is 0 Å². The third-order valence-electron chi connectivity index (χ3n) is 1.80. The van der Waals surface area contributed by atoms with Crippen LogP contribution in [0, 0.1) is 5.21 Å². The zero-order chi connectivity index (χ0) is 9.10. The molecule has 0 saturated heterocycles. The number of benzene rings is 1. The topological polar surface area (TPSA) is 26.9 Å². The summed E-state index contributed by atoms with van der Waals surface area (Å²) in [5, 5.41) is 10.4. The quantitative estimate of drug-likeness (QED) is 0.375. The molecule has 1 heterocycles. The van der Waals surface area contributed by atoms with Crippen LogP contribution in [0.3, 0.4) is 0 Å². The summed E-state index contributed by atoms with van der Waals surface area (Å²) >= 11 is 0. The van der Waals surface area contributed by atoms with Crippen molar-refractivity contribution < 1.29 is 4.73 Å². The van der Waals surface area contributed by atoms with Gasteiger partial charge in [0.2, 0.25) is 5.69 Å². The average Bonchev–Trinajstić information content (AvgIpc) is 2.91. The Bertz CT molecular complexity index is 371. The lowest BCUT2D eigenvalue weighted by Gasteiger charge is -1.82. The fraction of sp³-hybridized carbons (Fsp3) is 0. The molecule has 2 aliphatic rings. The average molecular weight is 171 g/mol. The molecule has 1 aromatic rings. The van der Waals surface area contributed by atoms with Gasteiger partial charge in [0.05, 0.1) is 5.56 Å². The lowest BCUT2D eigenvalue weighted by atomic mass is 10.4. The first-order valence-corrected chi connectivity index (χ1v) is 4.11. The Hall–Kier alpha value is -1.83. The van der Waals surface area contributed by atoms with Crippen molar-refractivity contribution in [2.24, 2.45) is 0 Å². The Morgan fingerprint density at radius 1 is 0.923 bits per heavy atom. The Morgan fingerprint density at radius 3 is 1.62 bits per heavy atom. The summed E-state index contributed by atoms with van der Waals surface area (Å²) in [7, 11) is 0. The standard InChI is InChI=1S/C6H6.C5H3NO/c1-2-4-6-5-3-1;7-6-2-1-4-3-5(4)6/h1-6H;1-3H. The van der Waals surface area contributed by atoms with E-state index in [9.17, 15) is 5.21 Å². The number of aromatic nitrogens is 1. The van der Waals surface area contributed by atoms with Crippen LogP contribution in [0.2, 0.25) is 0 Å². The lowest BCUT2D eigenvalue weighted by molar-refractivity contribution is -0.587. The van der Waals surface area contributed by atoms with Gasteiger partial charge >= 0.3 is 0 Å². The molecule has 1 aromatic carbocycles. The summed E-state index contributed by atoms with van der Waals surface area (Å²) < 4.78 is 0.870. The van der Waals surface area contributed by atoms with Gasteiger partial charge in [0.15, 0.2) is 6.20 Å². The second-order valence-electron chi connectivity index (χ2n) is 2.78. The van der Waals surface area contributed by atoms with Gasteiger partial charge in [-0.05, 0) is 0 Å². The molecule has 0 atom stereocenters. The molecular weight excluding hydrogens is 162 g/mol. The van der Waals surface area contributed by atoms with Crippen molar-refractivity contribution in [3.8, 4) is 11.3 Å². The van der Waals surface area contributed by atoms with Crippen LogP contribution < -0.4 is 4.73 Å². The van der Waals surface area contributed by atoms with Crippen LogP contribution in [-0.4, -0.2) is 0 Å². The van der Waals surface area contributed by atoms with Gasteiger partial charge in [0, 0.05) is 12.1 Å². The highest BCUT2D eigenvalue weighted by molar-refractivity contribution is 5.72. The minimum atomic E-state index is 0.833. The first kappa shape index (κ1) is 7.80. The van der Waals surface area contributed by atoms with Gasteiger partial charge in [-0.3, -0.25) is 0 Å². The summed E-state index contributed by atoms with van der Waals surface area (Å²) in [6, 6.07) is 15.7. The van der Waals surface area contributed by atoms with E-state index >= 15 is 0 Å². The SMILES string of the molecule is [O-][n+]1ccc2cc1-2.c1ccccc1. The van der Waals surface area contributed by atoms with E-state index in [1.54, 1.807) is 0 Å². The van der Waals surface area contributed by atoms with Gasteiger partial charge in [-0.15, -0.1) is 0 Å². The second kappa shape index (κ2) is 3.27. The van der Waals surface area contributed by atoms with Gasteiger partial charge < -0.3 is 5.21 Å². The maximum atomic E-state index is 10.4. The molecule has 0 radical (unpaired) electrons. The molecule has 3 rings (SSSR count). The van der Waals surface area contributed by atoms with E-state index in [1.807, 2.05) is 48.5 Å². The molecule has 0 unspecified atom stereocenters. The van der Waals surface area contributed by atoms with E-state index in [1.165, 1.54) is 6.20 Å². The largest absolute Gasteiger partial charge is 0.618 e.